The van der Waals surface area contributed by atoms with E-state index in [0.717, 1.165) is 0 Å². The van der Waals surface area contributed by atoms with Gasteiger partial charge >= 0.3 is 0 Å². The molecule has 6 heteroatoms. The molecule has 1 fully saturated rings. The summed E-state index contributed by atoms with van der Waals surface area (Å²) in [6, 6.07) is 12.5. The van der Waals surface area contributed by atoms with E-state index in [0.29, 0.717) is 72.5 Å². The zero-order valence-corrected chi connectivity index (χ0v) is 18.1. The minimum absolute atomic E-state index is 0.0193. The van der Waals surface area contributed by atoms with Gasteiger partial charge in [0.15, 0.2) is 5.78 Å². The van der Waals surface area contributed by atoms with Gasteiger partial charge in [-0.2, -0.15) is 0 Å². The van der Waals surface area contributed by atoms with Crippen molar-refractivity contribution in [2.75, 3.05) is 19.7 Å². The lowest BCUT2D eigenvalue weighted by Crippen LogP contribution is -2.52. The van der Waals surface area contributed by atoms with Crippen LogP contribution in [0.5, 0.6) is 11.5 Å². The first-order valence-corrected chi connectivity index (χ1v) is 10.8. The highest BCUT2D eigenvalue weighted by Gasteiger charge is 2.43. The number of halogens is 1. The molecule has 2 aliphatic rings. The second-order valence-electron chi connectivity index (χ2n) is 8.55. The Hall–Kier alpha value is -2.53. The molecule has 2 aromatic carbocycles. The summed E-state index contributed by atoms with van der Waals surface area (Å²) >= 11 is 6.02. The Kier molecular flexibility index (Phi) is 5.74. The Bertz CT molecular complexity index is 963. The van der Waals surface area contributed by atoms with Crippen molar-refractivity contribution in [3.63, 3.8) is 0 Å². The monoisotopic (exact) mass is 427 g/mol. The molecular formula is C24H26ClNO4. The van der Waals surface area contributed by atoms with E-state index < -0.39 is 5.60 Å². The van der Waals surface area contributed by atoms with E-state index in [-0.39, 0.29) is 11.7 Å². The molecule has 1 spiro atoms. The summed E-state index contributed by atoms with van der Waals surface area (Å²) in [6.07, 6.45) is 1.56. The van der Waals surface area contributed by atoms with Gasteiger partial charge in [-0.3, -0.25) is 9.59 Å². The fourth-order valence-electron chi connectivity index (χ4n) is 4.03. The third kappa shape index (κ3) is 4.31. The van der Waals surface area contributed by atoms with E-state index in [4.69, 9.17) is 21.1 Å². The van der Waals surface area contributed by atoms with E-state index >= 15 is 0 Å². The smallest absolute Gasteiger partial charge is 0.253 e. The minimum Gasteiger partial charge on any atom is -0.493 e. The third-order valence-electron chi connectivity index (χ3n) is 5.68. The average Bonchev–Trinajstić information content (AvgIpc) is 2.73. The zero-order valence-electron chi connectivity index (χ0n) is 17.3. The van der Waals surface area contributed by atoms with Gasteiger partial charge < -0.3 is 14.4 Å². The molecular weight excluding hydrogens is 402 g/mol. The molecule has 2 aliphatic heterocycles. The first-order chi connectivity index (χ1) is 14.3. The van der Waals surface area contributed by atoms with Crippen molar-refractivity contribution in [2.45, 2.75) is 38.7 Å². The standard InChI is InChI=1S/C24H26ClNO4/c1-16(2)15-29-19-5-3-4-17(12-19)23(28)26-10-8-24(9-11-26)14-21(27)20-13-18(25)6-7-22(20)30-24/h3-7,12-13,16H,8-11,14-15H2,1-2H3. The highest BCUT2D eigenvalue weighted by Crippen LogP contribution is 2.40. The number of amides is 1. The van der Waals surface area contributed by atoms with Crippen molar-refractivity contribution >= 4 is 23.3 Å². The molecule has 0 aromatic heterocycles. The Morgan fingerprint density at radius 3 is 2.70 bits per heavy atom. The number of nitrogens with zero attached hydrogens (tertiary/aromatic N) is 1. The number of fused-ring (bicyclic) bond motifs is 1. The number of ketones is 1. The fourth-order valence-corrected chi connectivity index (χ4v) is 4.20. The summed E-state index contributed by atoms with van der Waals surface area (Å²) in [7, 11) is 0. The molecule has 1 amide bonds. The van der Waals surface area contributed by atoms with Crippen LogP contribution in [-0.2, 0) is 0 Å². The topological polar surface area (TPSA) is 55.8 Å². The molecule has 0 bridgehead atoms. The van der Waals surface area contributed by atoms with Crippen LogP contribution in [0.25, 0.3) is 0 Å². The number of carbonyl (C=O) groups excluding carboxylic acids is 2. The molecule has 158 valence electrons. The number of hydrogen-bond acceptors (Lipinski definition) is 4. The molecule has 30 heavy (non-hydrogen) atoms. The van der Waals surface area contributed by atoms with Crippen molar-refractivity contribution in [1.82, 2.24) is 4.90 Å². The van der Waals surface area contributed by atoms with E-state index in [1.165, 1.54) is 0 Å². The van der Waals surface area contributed by atoms with Crippen molar-refractivity contribution < 1.29 is 19.1 Å². The van der Waals surface area contributed by atoms with Crippen molar-refractivity contribution in [3.05, 3.63) is 58.6 Å². The number of rotatable bonds is 4. The number of benzene rings is 2. The van der Waals surface area contributed by atoms with Crippen LogP contribution >= 0.6 is 11.6 Å². The van der Waals surface area contributed by atoms with Gasteiger partial charge in [0.2, 0.25) is 0 Å². The number of hydrogen-bond donors (Lipinski definition) is 0. The molecule has 2 aromatic rings. The first-order valence-electron chi connectivity index (χ1n) is 10.4. The lowest BCUT2D eigenvalue weighted by molar-refractivity contribution is -0.00571. The summed E-state index contributed by atoms with van der Waals surface area (Å²) in [5.74, 6) is 1.75. The van der Waals surface area contributed by atoms with E-state index in [9.17, 15) is 9.59 Å². The number of piperidine rings is 1. The van der Waals surface area contributed by atoms with Crippen LogP contribution in [0, 0.1) is 5.92 Å². The second-order valence-corrected chi connectivity index (χ2v) is 8.99. The van der Waals surface area contributed by atoms with Gasteiger partial charge in [0.25, 0.3) is 5.91 Å². The fraction of sp³-hybridized carbons (Fsp3) is 0.417. The van der Waals surface area contributed by atoms with Gasteiger partial charge in [0.05, 0.1) is 18.6 Å². The quantitative estimate of drug-likeness (QED) is 0.687. The first kappa shape index (κ1) is 20.7. The van der Waals surface area contributed by atoms with Crippen molar-refractivity contribution in [1.29, 1.82) is 0 Å². The summed E-state index contributed by atoms with van der Waals surface area (Å²) in [5.41, 5.74) is 0.620. The van der Waals surface area contributed by atoms with Crippen LogP contribution in [-0.4, -0.2) is 41.9 Å². The van der Waals surface area contributed by atoms with Crippen LogP contribution in [0.3, 0.4) is 0 Å². The van der Waals surface area contributed by atoms with Gasteiger partial charge in [-0.05, 0) is 42.3 Å². The molecule has 0 saturated carbocycles. The summed E-state index contributed by atoms with van der Waals surface area (Å²) in [4.78, 5) is 27.5. The van der Waals surface area contributed by atoms with Gasteiger partial charge in [-0.1, -0.05) is 31.5 Å². The summed E-state index contributed by atoms with van der Waals surface area (Å²) < 4.78 is 12.0. The van der Waals surface area contributed by atoms with Gasteiger partial charge in [-0.25, -0.2) is 0 Å². The maximum atomic E-state index is 13.0. The molecule has 0 aliphatic carbocycles. The molecule has 0 N–H and O–H groups in total. The molecule has 0 radical (unpaired) electrons. The van der Waals surface area contributed by atoms with Crippen molar-refractivity contribution in [2.24, 2.45) is 5.92 Å². The third-order valence-corrected chi connectivity index (χ3v) is 5.91. The molecule has 4 rings (SSSR count). The number of ether oxygens (including phenoxy) is 2. The minimum atomic E-state index is -0.545. The number of likely N-dealkylation sites (tertiary alicyclic amines) is 1. The Labute approximate surface area is 181 Å². The van der Waals surface area contributed by atoms with Crippen molar-refractivity contribution in [3.8, 4) is 11.5 Å². The molecule has 0 atom stereocenters. The maximum absolute atomic E-state index is 13.0. The Morgan fingerprint density at radius 1 is 1.20 bits per heavy atom. The largest absolute Gasteiger partial charge is 0.493 e. The van der Waals surface area contributed by atoms with Crippen LogP contribution in [0.1, 0.15) is 53.8 Å². The highest BCUT2D eigenvalue weighted by atomic mass is 35.5. The number of Topliss-reactive ketones (excluding diaryl/α,β-unsaturated/α-hetero) is 1. The normalized spacial score (nSPS) is 17.6. The molecule has 1 saturated heterocycles. The van der Waals surface area contributed by atoms with Gasteiger partial charge in [0.1, 0.15) is 17.1 Å². The van der Waals surface area contributed by atoms with E-state index in [2.05, 4.69) is 13.8 Å². The summed E-state index contributed by atoms with van der Waals surface area (Å²) in [6.45, 7) is 5.88. The van der Waals surface area contributed by atoms with Gasteiger partial charge in [0, 0.05) is 36.5 Å². The molecule has 0 unspecified atom stereocenters. The van der Waals surface area contributed by atoms with E-state index in [1.54, 1.807) is 24.3 Å². The SMILES string of the molecule is CC(C)COc1cccc(C(=O)N2CCC3(CC2)CC(=O)c2cc(Cl)ccc2O3)c1. The molecule has 5 nitrogen and oxygen atoms in total. The molecule has 2 heterocycles. The highest BCUT2D eigenvalue weighted by molar-refractivity contribution is 6.31. The number of carbonyl (C=O) groups is 2. The second kappa shape index (κ2) is 8.31. The summed E-state index contributed by atoms with van der Waals surface area (Å²) in [5, 5.41) is 0.529. The Balaban J connectivity index is 1.42. The van der Waals surface area contributed by atoms with Crippen LogP contribution in [0.4, 0.5) is 0 Å². The van der Waals surface area contributed by atoms with Gasteiger partial charge in [-0.15, -0.1) is 0 Å². The predicted octanol–water partition coefficient (Wildman–Crippen LogP) is 5.02. The van der Waals surface area contributed by atoms with Crippen LogP contribution in [0.15, 0.2) is 42.5 Å². The average molecular weight is 428 g/mol. The lowest BCUT2D eigenvalue weighted by Gasteiger charge is -2.44. The van der Waals surface area contributed by atoms with E-state index in [1.807, 2.05) is 23.1 Å². The Morgan fingerprint density at radius 2 is 1.97 bits per heavy atom. The zero-order chi connectivity index (χ0) is 21.3. The lowest BCUT2D eigenvalue weighted by atomic mass is 9.82. The maximum Gasteiger partial charge on any atom is 0.253 e. The van der Waals surface area contributed by atoms with Crippen LogP contribution in [0.2, 0.25) is 5.02 Å². The predicted molar refractivity (Wildman–Crippen MR) is 116 cm³/mol. The van der Waals surface area contributed by atoms with Crippen LogP contribution < -0.4 is 9.47 Å².